The summed E-state index contributed by atoms with van der Waals surface area (Å²) in [7, 11) is 0. The lowest BCUT2D eigenvalue weighted by Gasteiger charge is -2.10. The Hall–Kier alpha value is -2.11. The van der Waals surface area contributed by atoms with Gasteiger partial charge < -0.3 is 16.2 Å². The number of rotatable bonds is 4. The number of fused-ring (bicyclic) bond motifs is 1. The molecule has 3 rings (SSSR count). The maximum absolute atomic E-state index is 9.04. The summed E-state index contributed by atoms with van der Waals surface area (Å²) in [6, 6.07) is 11.8. The number of nitrogen functional groups attached to an aromatic ring is 1. The van der Waals surface area contributed by atoms with Crippen molar-refractivity contribution in [3.63, 3.8) is 0 Å². The quantitative estimate of drug-likeness (QED) is 0.646. The topological polar surface area (TPSA) is 71.2 Å². The number of nitrogens with two attached hydrogens (primary N) is 1. The van der Waals surface area contributed by atoms with Gasteiger partial charge in [0.2, 0.25) is 0 Å². The normalized spacial score (nSPS) is 11.0. The Morgan fingerprint density at radius 1 is 1.19 bits per heavy atom. The van der Waals surface area contributed by atoms with Crippen LogP contribution in [0.25, 0.3) is 10.2 Å². The van der Waals surface area contributed by atoms with Crippen molar-refractivity contribution in [1.29, 1.82) is 0 Å². The first-order chi connectivity index (χ1) is 10.2. The molecule has 0 unspecified atom stereocenters. The van der Waals surface area contributed by atoms with Crippen molar-refractivity contribution in [3.8, 4) is 0 Å². The van der Waals surface area contributed by atoms with E-state index >= 15 is 0 Å². The van der Waals surface area contributed by atoms with E-state index in [1.54, 1.807) is 11.3 Å². The second-order valence-corrected chi connectivity index (χ2v) is 6.20. The molecule has 0 spiro atoms. The van der Waals surface area contributed by atoms with E-state index in [1.807, 2.05) is 43.3 Å². The molecule has 0 saturated heterocycles. The number of nitrogens with one attached hydrogen (secondary N) is 1. The summed E-state index contributed by atoms with van der Waals surface area (Å²) in [6.45, 7) is 2.75. The molecule has 1 aromatic heterocycles. The van der Waals surface area contributed by atoms with Crippen molar-refractivity contribution in [2.24, 2.45) is 0 Å². The van der Waals surface area contributed by atoms with Crippen molar-refractivity contribution >= 4 is 32.9 Å². The molecule has 2 aromatic carbocycles. The van der Waals surface area contributed by atoms with E-state index in [2.05, 4.69) is 10.3 Å². The minimum Gasteiger partial charge on any atom is -0.397 e. The summed E-state index contributed by atoms with van der Waals surface area (Å²) in [6.07, 6.45) is 0. The highest BCUT2D eigenvalue weighted by molar-refractivity contribution is 7.18. The van der Waals surface area contributed by atoms with Crippen LogP contribution in [0.15, 0.2) is 36.4 Å². The molecule has 108 valence electrons. The molecule has 0 aliphatic carbocycles. The Morgan fingerprint density at radius 3 is 2.62 bits per heavy atom. The number of nitrogens with zero attached hydrogens (tertiary/aromatic N) is 1. The van der Waals surface area contributed by atoms with Crippen LogP contribution in [-0.2, 0) is 13.2 Å². The van der Waals surface area contributed by atoms with Gasteiger partial charge in [-0.05, 0) is 30.2 Å². The summed E-state index contributed by atoms with van der Waals surface area (Å²) < 4.78 is 1.11. The first kappa shape index (κ1) is 13.9. The number of aliphatic hydroxyl groups excluding tert-OH is 1. The van der Waals surface area contributed by atoms with Crippen LogP contribution in [-0.4, -0.2) is 10.1 Å². The third-order valence-corrected chi connectivity index (χ3v) is 4.29. The number of hydrogen-bond donors (Lipinski definition) is 3. The fourth-order valence-electron chi connectivity index (χ4n) is 2.22. The van der Waals surface area contributed by atoms with Gasteiger partial charge in [-0.2, -0.15) is 0 Å². The highest BCUT2D eigenvalue weighted by Gasteiger charge is 2.06. The number of thiazole rings is 1. The van der Waals surface area contributed by atoms with Crippen LogP contribution in [0.3, 0.4) is 0 Å². The van der Waals surface area contributed by atoms with E-state index in [-0.39, 0.29) is 6.61 Å². The van der Waals surface area contributed by atoms with Crippen molar-refractivity contribution in [2.75, 3.05) is 11.1 Å². The number of aromatic nitrogens is 1. The van der Waals surface area contributed by atoms with E-state index in [0.29, 0.717) is 6.54 Å². The zero-order valence-electron chi connectivity index (χ0n) is 11.8. The van der Waals surface area contributed by atoms with Crippen LogP contribution >= 0.6 is 11.3 Å². The SMILES string of the molecule is Cc1nc2cc(NCc3ccc(CO)cc3)c(N)cc2s1. The van der Waals surface area contributed by atoms with Crippen LogP contribution in [0.4, 0.5) is 11.4 Å². The van der Waals surface area contributed by atoms with Crippen LogP contribution in [0, 0.1) is 6.92 Å². The average Bonchev–Trinajstić information content (AvgIpc) is 2.84. The van der Waals surface area contributed by atoms with Gasteiger partial charge in [0.25, 0.3) is 0 Å². The van der Waals surface area contributed by atoms with Crippen molar-refractivity contribution in [3.05, 3.63) is 52.5 Å². The molecular formula is C16H17N3OS. The summed E-state index contributed by atoms with van der Waals surface area (Å²) in [5.74, 6) is 0. The Kier molecular flexibility index (Phi) is 3.77. The molecule has 1 heterocycles. The third-order valence-electron chi connectivity index (χ3n) is 3.36. The summed E-state index contributed by atoms with van der Waals surface area (Å²) in [4.78, 5) is 4.49. The standard InChI is InChI=1S/C16H17N3OS/c1-10-19-15-7-14(13(17)6-16(15)21-10)18-8-11-2-4-12(9-20)5-3-11/h2-7,18,20H,8-9,17H2,1H3. The van der Waals surface area contributed by atoms with E-state index < -0.39 is 0 Å². The van der Waals surface area contributed by atoms with Gasteiger partial charge >= 0.3 is 0 Å². The fraction of sp³-hybridized carbons (Fsp3) is 0.188. The maximum Gasteiger partial charge on any atom is 0.0907 e. The van der Waals surface area contributed by atoms with Crippen molar-refractivity contribution < 1.29 is 5.11 Å². The number of anilines is 2. The van der Waals surface area contributed by atoms with Crippen LogP contribution in [0.5, 0.6) is 0 Å². The first-order valence-corrected chi connectivity index (χ1v) is 7.56. The van der Waals surface area contributed by atoms with Gasteiger partial charge in [0, 0.05) is 6.54 Å². The summed E-state index contributed by atoms with van der Waals surface area (Å²) >= 11 is 1.65. The van der Waals surface area contributed by atoms with Gasteiger partial charge in [0.05, 0.1) is 33.2 Å². The van der Waals surface area contributed by atoms with Gasteiger partial charge in [-0.1, -0.05) is 24.3 Å². The van der Waals surface area contributed by atoms with Crippen molar-refractivity contribution in [2.45, 2.75) is 20.1 Å². The fourth-order valence-corrected chi connectivity index (χ4v) is 3.07. The van der Waals surface area contributed by atoms with Crippen molar-refractivity contribution in [1.82, 2.24) is 4.98 Å². The van der Waals surface area contributed by atoms with Gasteiger partial charge in [-0.25, -0.2) is 4.98 Å². The lowest BCUT2D eigenvalue weighted by atomic mass is 10.1. The van der Waals surface area contributed by atoms with E-state index in [9.17, 15) is 0 Å². The average molecular weight is 299 g/mol. The molecule has 4 N–H and O–H groups in total. The minimum atomic E-state index is 0.0699. The highest BCUT2D eigenvalue weighted by atomic mass is 32.1. The lowest BCUT2D eigenvalue weighted by molar-refractivity contribution is 0.282. The van der Waals surface area contributed by atoms with E-state index in [4.69, 9.17) is 10.8 Å². The second kappa shape index (κ2) is 5.71. The number of benzene rings is 2. The molecule has 5 heteroatoms. The zero-order chi connectivity index (χ0) is 14.8. The minimum absolute atomic E-state index is 0.0699. The lowest BCUT2D eigenvalue weighted by Crippen LogP contribution is -2.02. The van der Waals surface area contributed by atoms with E-state index in [0.717, 1.165) is 37.7 Å². The smallest absolute Gasteiger partial charge is 0.0907 e. The number of aryl methyl sites for hydroxylation is 1. The van der Waals surface area contributed by atoms with Gasteiger partial charge in [-0.15, -0.1) is 11.3 Å². The largest absolute Gasteiger partial charge is 0.397 e. The predicted molar refractivity (Wildman–Crippen MR) is 88.5 cm³/mol. The molecule has 0 atom stereocenters. The highest BCUT2D eigenvalue weighted by Crippen LogP contribution is 2.29. The molecule has 0 fully saturated rings. The monoisotopic (exact) mass is 299 g/mol. The van der Waals surface area contributed by atoms with Gasteiger partial charge in [0.1, 0.15) is 0 Å². The molecule has 0 aliphatic heterocycles. The molecule has 3 aromatic rings. The Morgan fingerprint density at radius 2 is 1.90 bits per heavy atom. The Labute approximate surface area is 127 Å². The van der Waals surface area contributed by atoms with Gasteiger partial charge in [-0.3, -0.25) is 0 Å². The Bertz CT molecular complexity index is 765. The van der Waals surface area contributed by atoms with Crippen LogP contribution < -0.4 is 11.1 Å². The molecule has 0 radical (unpaired) electrons. The molecule has 4 nitrogen and oxygen atoms in total. The summed E-state index contributed by atoms with van der Waals surface area (Å²) in [5, 5.41) is 13.4. The predicted octanol–water partition coefficient (Wildman–Crippen LogP) is 3.29. The first-order valence-electron chi connectivity index (χ1n) is 6.75. The van der Waals surface area contributed by atoms with Gasteiger partial charge in [0.15, 0.2) is 0 Å². The molecule has 0 bridgehead atoms. The molecule has 0 amide bonds. The van der Waals surface area contributed by atoms with E-state index in [1.165, 1.54) is 0 Å². The molecule has 0 aliphatic rings. The van der Waals surface area contributed by atoms with Crippen LogP contribution in [0.1, 0.15) is 16.1 Å². The molecular weight excluding hydrogens is 282 g/mol. The van der Waals surface area contributed by atoms with Crippen LogP contribution in [0.2, 0.25) is 0 Å². The maximum atomic E-state index is 9.04. The number of aliphatic hydroxyl groups is 1. The third kappa shape index (κ3) is 2.99. The Balaban J connectivity index is 1.78. The molecule has 0 saturated carbocycles. The zero-order valence-corrected chi connectivity index (χ0v) is 12.6. The number of hydrogen-bond acceptors (Lipinski definition) is 5. The second-order valence-electron chi connectivity index (χ2n) is 4.97. The summed E-state index contributed by atoms with van der Waals surface area (Å²) in [5.41, 5.74) is 10.8. The molecule has 21 heavy (non-hydrogen) atoms.